The number of imidazole rings is 1. The van der Waals surface area contributed by atoms with Crippen LogP contribution in [0.2, 0.25) is 0 Å². The van der Waals surface area contributed by atoms with Gasteiger partial charge in [-0.05, 0) is 67.4 Å². The number of likely N-dealkylation sites (N-methyl/N-ethyl adjacent to an activating group) is 1. The lowest BCUT2D eigenvalue weighted by atomic mass is 10.1. The number of carbonyl (C=O) groups is 1. The summed E-state index contributed by atoms with van der Waals surface area (Å²) in [6.07, 6.45) is 6.14. The van der Waals surface area contributed by atoms with Gasteiger partial charge in [-0.15, -0.1) is 0 Å². The zero-order chi connectivity index (χ0) is 27.9. The van der Waals surface area contributed by atoms with E-state index in [9.17, 15) is 9.18 Å². The molecule has 2 aromatic carbocycles. The maximum absolute atomic E-state index is 15.0. The van der Waals surface area contributed by atoms with Crippen LogP contribution in [-0.4, -0.2) is 60.2 Å². The molecule has 0 spiro atoms. The highest BCUT2D eigenvalue weighted by atomic mass is 19.1. The number of nitrogens with one attached hydrogen (secondary N) is 1. The summed E-state index contributed by atoms with van der Waals surface area (Å²) < 4.78 is 37.7. The number of quaternary nitrogens is 1. The van der Waals surface area contributed by atoms with Gasteiger partial charge in [-0.25, -0.2) is 13.8 Å². The molecule has 6 rings (SSSR count). The van der Waals surface area contributed by atoms with Gasteiger partial charge in [0, 0.05) is 17.3 Å². The van der Waals surface area contributed by atoms with Crippen molar-refractivity contribution >= 4 is 17.3 Å². The number of piperazine rings is 1. The fraction of sp³-hybridized carbons (Fsp3) is 0.355. The van der Waals surface area contributed by atoms with Crippen molar-refractivity contribution in [1.29, 1.82) is 0 Å². The van der Waals surface area contributed by atoms with Crippen LogP contribution in [-0.2, 0) is 0 Å². The predicted molar refractivity (Wildman–Crippen MR) is 151 cm³/mol. The smallest absolute Gasteiger partial charge is 0.291 e. The van der Waals surface area contributed by atoms with Crippen LogP contribution >= 0.6 is 0 Å². The van der Waals surface area contributed by atoms with E-state index in [4.69, 9.17) is 4.42 Å². The molecule has 2 aliphatic rings. The average Bonchev–Trinajstić information content (AvgIpc) is 3.70. The molecular weight excluding hydrogens is 512 g/mol. The molecule has 208 valence electrons. The van der Waals surface area contributed by atoms with Gasteiger partial charge in [0.2, 0.25) is 0 Å². The number of furan rings is 1. The molecule has 2 aromatic heterocycles. The molecule has 9 heteroatoms. The first-order valence-electron chi connectivity index (χ1n) is 13.9. The minimum Gasteiger partial charge on any atom is -0.449 e. The summed E-state index contributed by atoms with van der Waals surface area (Å²) in [5.41, 5.74) is 3.08. The fourth-order valence-corrected chi connectivity index (χ4v) is 5.72. The second kappa shape index (κ2) is 10.5. The van der Waals surface area contributed by atoms with Crippen molar-refractivity contribution in [3.63, 3.8) is 0 Å². The molecule has 0 radical (unpaired) electrons. The summed E-state index contributed by atoms with van der Waals surface area (Å²) in [5.74, 6) is -0.799. The van der Waals surface area contributed by atoms with E-state index in [2.05, 4.69) is 33.9 Å². The lowest BCUT2D eigenvalue weighted by Crippen LogP contribution is -2.54. The van der Waals surface area contributed by atoms with Gasteiger partial charge in [0.05, 0.1) is 58.0 Å². The first-order chi connectivity index (χ1) is 19.3. The van der Waals surface area contributed by atoms with Crippen molar-refractivity contribution in [1.82, 2.24) is 9.55 Å². The van der Waals surface area contributed by atoms with Crippen LogP contribution in [0.15, 0.2) is 65.3 Å². The SMILES string of the molecule is C[N+]1(C)CCN(c2ccc(NC(=O)c3ccc(-c4c(-c5ccc(F)cc5)ncn4C4CCCC4)o3)c(F)c2)CC1. The second-order valence-electron chi connectivity index (χ2n) is 11.4. The number of hydrogen-bond donors (Lipinski definition) is 1. The van der Waals surface area contributed by atoms with Crippen molar-refractivity contribution in [3.05, 3.63) is 78.3 Å². The largest absolute Gasteiger partial charge is 0.449 e. The summed E-state index contributed by atoms with van der Waals surface area (Å²) >= 11 is 0. The molecular formula is C31H34F2N5O2+. The number of carbonyl (C=O) groups excluding carboxylic acids is 1. The third-order valence-electron chi connectivity index (χ3n) is 8.21. The maximum atomic E-state index is 15.0. The molecule has 1 N–H and O–H groups in total. The molecule has 1 amide bonds. The van der Waals surface area contributed by atoms with Crippen molar-refractivity contribution in [2.24, 2.45) is 0 Å². The zero-order valence-electron chi connectivity index (χ0n) is 22.9. The lowest BCUT2D eigenvalue weighted by molar-refractivity contribution is -0.890. The highest BCUT2D eigenvalue weighted by Gasteiger charge is 2.27. The first-order valence-corrected chi connectivity index (χ1v) is 13.9. The molecule has 7 nitrogen and oxygen atoms in total. The molecule has 1 saturated carbocycles. The second-order valence-corrected chi connectivity index (χ2v) is 11.4. The highest BCUT2D eigenvalue weighted by molar-refractivity contribution is 6.02. The van der Waals surface area contributed by atoms with Gasteiger partial charge in [0.25, 0.3) is 5.91 Å². The van der Waals surface area contributed by atoms with E-state index in [1.54, 1.807) is 36.7 Å². The minimum absolute atomic E-state index is 0.0683. The van der Waals surface area contributed by atoms with Crippen LogP contribution in [0.5, 0.6) is 0 Å². The summed E-state index contributed by atoms with van der Waals surface area (Å²) in [6, 6.07) is 14.7. The Hall–Kier alpha value is -3.98. The molecule has 4 aromatic rings. The van der Waals surface area contributed by atoms with Crippen molar-refractivity contribution < 1.29 is 22.5 Å². The monoisotopic (exact) mass is 546 g/mol. The maximum Gasteiger partial charge on any atom is 0.291 e. The van der Waals surface area contributed by atoms with Crippen LogP contribution in [0.4, 0.5) is 20.2 Å². The Balaban J connectivity index is 1.23. The number of rotatable bonds is 6. The third-order valence-corrected chi connectivity index (χ3v) is 8.21. The third kappa shape index (κ3) is 5.25. The lowest BCUT2D eigenvalue weighted by Gasteiger charge is -2.40. The summed E-state index contributed by atoms with van der Waals surface area (Å²) in [5, 5.41) is 2.66. The molecule has 3 heterocycles. The molecule has 1 saturated heterocycles. The van der Waals surface area contributed by atoms with Gasteiger partial charge in [0.1, 0.15) is 17.3 Å². The number of aromatic nitrogens is 2. The van der Waals surface area contributed by atoms with Crippen molar-refractivity contribution in [2.75, 3.05) is 50.5 Å². The molecule has 2 fully saturated rings. The predicted octanol–water partition coefficient (Wildman–Crippen LogP) is 6.35. The number of nitrogens with zero attached hydrogens (tertiary/aromatic N) is 4. The standard InChI is InChI=1S/C31H33F2N5O2/c1-38(2)17-15-36(16-18-38)24-11-12-26(25(33)19-24)35-31(39)28-14-13-27(40-28)30-29(21-7-9-22(32)10-8-21)34-20-37(30)23-5-3-4-6-23/h7-14,19-20,23H,3-6,15-18H2,1-2H3/p+1. The Bertz CT molecular complexity index is 1510. The Labute approximate surface area is 232 Å². The average molecular weight is 547 g/mol. The van der Waals surface area contributed by atoms with E-state index in [1.807, 2.05) is 6.07 Å². The molecule has 1 aliphatic carbocycles. The van der Waals surface area contributed by atoms with Crippen molar-refractivity contribution in [3.8, 4) is 22.7 Å². The van der Waals surface area contributed by atoms with Crippen molar-refractivity contribution in [2.45, 2.75) is 31.7 Å². The van der Waals surface area contributed by atoms with Gasteiger partial charge in [-0.1, -0.05) is 12.8 Å². The molecule has 0 bridgehead atoms. The van der Waals surface area contributed by atoms with Gasteiger partial charge < -0.3 is 23.7 Å². The Morgan fingerprint density at radius 3 is 2.42 bits per heavy atom. The minimum atomic E-state index is -0.537. The van der Waals surface area contributed by atoms with Crippen LogP contribution < -0.4 is 10.2 Å². The molecule has 1 aliphatic heterocycles. The van der Waals surface area contributed by atoms with Gasteiger partial charge >= 0.3 is 0 Å². The Morgan fingerprint density at radius 1 is 1.00 bits per heavy atom. The van der Waals surface area contributed by atoms with Gasteiger partial charge in [-0.2, -0.15) is 0 Å². The van der Waals surface area contributed by atoms with E-state index in [0.29, 0.717) is 11.5 Å². The molecule has 0 atom stereocenters. The number of anilines is 2. The van der Waals surface area contributed by atoms with Crippen LogP contribution in [0.25, 0.3) is 22.7 Å². The number of halogens is 2. The number of amides is 1. The van der Waals surface area contributed by atoms with E-state index in [1.165, 1.54) is 18.2 Å². The summed E-state index contributed by atoms with van der Waals surface area (Å²) in [7, 11) is 4.39. The Kier molecular flexibility index (Phi) is 6.92. The van der Waals surface area contributed by atoms with Gasteiger partial charge in [-0.3, -0.25) is 4.79 Å². The fourth-order valence-electron chi connectivity index (χ4n) is 5.72. The zero-order valence-corrected chi connectivity index (χ0v) is 22.9. The van der Waals surface area contributed by atoms with Crippen LogP contribution in [0.3, 0.4) is 0 Å². The molecule has 0 unspecified atom stereocenters. The van der Waals surface area contributed by atoms with E-state index >= 15 is 4.39 Å². The molecule has 40 heavy (non-hydrogen) atoms. The quantitative estimate of drug-likeness (QED) is 0.286. The van der Waals surface area contributed by atoms with Crippen LogP contribution in [0.1, 0.15) is 42.3 Å². The Morgan fingerprint density at radius 2 is 1.73 bits per heavy atom. The summed E-state index contributed by atoms with van der Waals surface area (Å²) in [4.78, 5) is 19.9. The van der Waals surface area contributed by atoms with E-state index in [0.717, 1.165) is 73.3 Å². The number of benzene rings is 2. The topological polar surface area (TPSA) is 63.3 Å². The first kappa shape index (κ1) is 26.3. The normalized spacial score (nSPS) is 17.4. The highest BCUT2D eigenvalue weighted by Crippen LogP contribution is 2.39. The van der Waals surface area contributed by atoms with E-state index < -0.39 is 11.7 Å². The number of hydrogen-bond acceptors (Lipinski definition) is 4. The van der Waals surface area contributed by atoms with Gasteiger partial charge in [0.15, 0.2) is 11.5 Å². The summed E-state index contributed by atoms with van der Waals surface area (Å²) in [6.45, 7) is 3.68. The van der Waals surface area contributed by atoms with E-state index in [-0.39, 0.29) is 23.3 Å². The van der Waals surface area contributed by atoms with Crippen LogP contribution in [0, 0.1) is 11.6 Å².